The van der Waals surface area contributed by atoms with Gasteiger partial charge in [-0.25, -0.2) is 4.99 Å². The lowest BCUT2D eigenvalue weighted by Gasteiger charge is -2.14. The number of ether oxygens (including phenoxy) is 1. The number of aliphatic imine (C=N–C) groups is 1. The van der Waals surface area contributed by atoms with Crippen molar-refractivity contribution < 1.29 is 4.74 Å². The van der Waals surface area contributed by atoms with Crippen molar-refractivity contribution in [1.82, 2.24) is 0 Å². The van der Waals surface area contributed by atoms with Crippen LogP contribution in [0, 0.1) is 0 Å². The molecule has 1 aromatic carbocycles. The Morgan fingerprint density at radius 3 is 2.94 bits per heavy atom. The molecule has 1 heterocycles. The summed E-state index contributed by atoms with van der Waals surface area (Å²) in [5.74, 6) is 0.381. The molecular weight excluding hydrogens is 245 g/mol. The number of hydrogen-bond donors (Lipinski definition) is 0. The molecule has 0 amide bonds. The van der Waals surface area contributed by atoms with Crippen LogP contribution in [0.25, 0.3) is 0 Å². The van der Waals surface area contributed by atoms with E-state index in [1.807, 2.05) is 18.2 Å². The zero-order chi connectivity index (χ0) is 11.5. The third kappa shape index (κ3) is 2.69. The van der Waals surface area contributed by atoms with Gasteiger partial charge >= 0.3 is 0 Å². The van der Waals surface area contributed by atoms with Crippen LogP contribution in [-0.4, -0.2) is 19.0 Å². The molecule has 0 bridgehead atoms. The van der Waals surface area contributed by atoms with Gasteiger partial charge in [0.15, 0.2) is 0 Å². The van der Waals surface area contributed by atoms with Gasteiger partial charge in [0, 0.05) is 0 Å². The van der Waals surface area contributed by atoms with Crippen molar-refractivity contribution in [1.29, 1.82) is 0 Å². The quantitative estimate of drug-likeness (QED) is 0.807. The molecule has 85 valence electrons. The van der Waals surface area contributed by atoms with Crippen LogP contribution in [0.5, 0.6) is 0 Å². The third-order valence-corrected chi connectivity index (χ3v) is 3.45. The van der Waals surface area contributed by atoms with E-state index in [-0.39, 0.29) is 6.04 Å². The first-order valence-electron chi connectivity index (χ1n) is 5.18. The second-order valence-corrected chi connectivity index (χ2v) is 4.81. The Morgan fingerprint density at radius 2 is 2.31 bits per heavy atom. The summed E-state index contributed by atoms with van der Waals surface area (Å²) in [6.45, 7) is 2.78. The van der Waals surface area contributed by atoms with Crippen LogP contribution in [0.2, 0.25) is 10.0 Å². The Kier molecular flexibility index (Phi) is 3.72. The van der Waals surface area contributed by atoms with Gasteiger partial charge < -0.3 is 4.74 Å². The summed E-state index contributed by atoms with van der Waals surface area (Å²) in [5.41, 5.74) is 1.18. The van der Waals surface area contributed by atoms with E-state index in [4.69, 9.17) is 27.9 Å². The lowest BCUT2D eigenvalue weighted by Crippen LogP contribution is -2.10. The van der Waals surface area contributed by atoms with Gasteiger partial charge in [0.05, 0.1) is 16.1 Å². The van der Waals surface area contributed by atoms with Gasteiger partial charge in [-0.15, -0.1) is 0 Å². The van der Waals surface area contributed by atoms with Gasteiger partial charge in [-0.05, 0) is 30.0 Å². The minimum atomic E-state index is 0.212. The molecule has 2 rings (SSSR count). The van der Waals surface area contributed by atoms with Gasteiger partial charge in [0.25, 0.3) is 6.40 Å². The van der Waals surface area contributed by atoms with Crippen LogP contribution in [0.15, 0.2) is 23.2 Å². The van der Waals surface area contributed by atoms with E-state index in [9.17, 15) is 0 Å². The van der Waals surface area contributed by atoms with Gasteiger partial charge in [0.1, 0.15) is 6.61 Å². The highest BCUT2D eigenvalue weighted by Crippen LogP contribution is 2.29. The number of benzene rings is 1. The first-order valence-corrected chi connectivity index (χ1v) is 5.94. The Bertz CT molecular complexity index is 406. The first kappa shape index (κ1) is 11.7. The molecule has 0 aromatic heterocycles. The van der Waals surface area contributed by atoms with Gasteiger partial charge in [-0.1, -0.05) is 36.2 Å². The fourth-order valence-electron chi connectivity index (χ4n) is 1.77. The Morgan fingerprint density at radius 1 is 1.50 bits per heavy atom. The van der Waals surface area contributed by atoms with E-state index < -0.39 is 0 Å². The van der Waals surface area contributed by atoms with Crippen LogP contribution < -0.4 is 0 Å². The smallest absolute Gasteiger partial charge is 0.273 e. The number of halogens is 2. The van der Waals surface area contributed by atoms with Gasteiger partial charge in [-0.2, -0.15) is 0 Å². The monoisotopic (exact) mass is 256 g/mol. The SMILES string of the molecule is CC(CC1CO[C]=N1)c1ccc(Cl)c(Cl)c1. The van der Waals surface area contributed by atoms with Crippen LogP contribution in [0.1, 0.15) is 24.8 Å². The van der Waals surface area contributed by atoms with Crippen molar-refractivity contribution in [2.24, 2.45) is 4.99 Å². The first-order chi connectivity index (χ1) is 7.66. The minimum Gasteiger partial charge on any atom is -0.472 e. The Labute approximate surface area is 105 Å². The molecule has 1 aliphatic heterocycles. The predicted molar refractivity (Wildman–Crippen MR) is 66.7 cm³/mol. The molecule has 0 spiro atoms. The fourth-order valence-corrected chi connectivity index (χ4v) is 2.07. The zero-order valence-electron chi connectivity index (χ0n) is 8.91. The molecule has 0 saturated carbocycles. The molecule has 0 N–H and O–H groups in total. The Balaban J connectivity index is 2.05. The molecule has 0 fully saturated rings. The molecule has 1 aromatic rings. The van der Waals surface area contributed by atoms with E-state index in [2.05, 4.69) is 18.3 Å². The summed E-state index contributed by atoms with van der Waals surface area (Å²) in [6.07, 6.45) is 3.46. The van der Waals surface area contributed by atoms with Crippen LogP contribution in [0.3, 0.4) is 0 Å². The summed E-state index contributed by atoms with van der Waals surface area (Å²) >= 11 is 11.9. The molecule has 1 radical (unpaired) electrons. The normalized spacial score (nSPS) is 20.8. The topological polar surface area (TPSA) is 21.6 Å². The van der Waals surface area contributed by atoms with Crippen molar-refractivity contribution in [3.05, 3.63) is 33.8 Å². The lowest BCUT2D eigenvalue weighted by atomic mass is 9.94. The largest absolute Gasteiger partial charge is 0.472 e. The lowest BCUT2D eigenvalue weighted by molar-refractivity contribution is 0.316. The number of nitrogens with zero attached hydrogens (tertiary/aromatic N) is 1. The van der Waals surface area contributed by atoms with E-state index in [1.54, 1.807) is 0 Å². The highest BCUT2D eigenvalue weighted by Gasteiger charge is 2.17. The molecule has 2 unspecified atom stereocenters. The van der Waals surface area contributed by atoms with Crippen molar-refractivity contribution in [2.75, 3.05) is 6.61 Å². The van der Waals surface area contributed by atoms with Crippen molar-refractivity contribution in [3.63, 3.8) is 0 Å². The average molecular weight is 257 g/mol. The summed E-state index contributed by atoms with van der Waals surface area (Å²) in [5, 5.41) is 1.19. The summed E-state index contributed by atoms with van der Waals surface area (Å²) in [6, 6.07) is 5.96. The maximum absolute atomic E-state index is 5.98. The Hall–Kier alpha value is -0.730. The highest BCUT2D eigenvalue weighted by atomic mass is 35.5. The zero-order valence-corrected chi connectivity index (χ0v) is 10.4. The maximum Gasteiger partial charge on any atom is 0.273 e. The standard InChI is InChI=1S/C12H12Cl2NO/c1-8(4-10-6-16-7-15-10)9-2-3-11(13)12(14)5-9/h2-3,5,8,10H,4,6H2,1H3. The van der Waals surface area contributed by atoms with Crippen molar-refractivity contribution in [3.8, 4) is 0 Å². The molecule has 0 saturated heterocycles. The number of rotatable bonds is 3. The molecular formula is C12H12Cl2NO. The van der Waals surface area contributed by atoms with Crippen molar-refractivity contribution >= 4 is 29.6 Å². The predicted octanol–water partition coefficient (Wildman–Crippen LogP) is 3.79. The molecule has 2 nitrogen and oxygen atoms in total. The second-order valence-electron chi connectivity index (χ2n) is 4.00. The van der Waals surface area contributed by atoms with E-state index in [0.29, 0.717) is 22.6 Å². The minimum absolute atomic E-state index is 0.212. The maximum atomic E-state index is 5.98. The second kappa shape index (κ2) is 5.07. The van der Waals surface area contributed by atoms with E-state index >= 15 is 0 Å². The molecule has 2 atom stereocenters. The van der Waals surface area contributed by atoms with Crippen LogP contribution in [0.4, 0.5) is 0 Å². The molecule has 4 heteroatoms. The van der Waals surface area contributed by atoms with E-state index in [1.165, 1.54) is 5.56 Å². The van der Waals surface area contributed by atoms with Crippen LogP contribution >= 0.6 is 23.2 Å². The highest BCUT2D eigenvalue weighted by molar-refractivity contribution is 6.42. The third-order valence-electron chi connectivity index (χ3n) is 2.71. The summed E-state index contributed by atoms with van der Waals surface area (Å²) in [7, 11) is 0. The summed E-state index contributed by atoms with van der Waals surface area (Å²) in [4.78, 5) is 4.11. The fraction of sp³-hybridized carbons (Fsp3) is 0.417. The van der Waals surface area contributed by atoms with E-state index in [0.717, 1.165) is 6.42 Å². The summed E-state index contributed by atoms with van der Waals surface area (Å²) < 4.78 is 4.97. The number of hydrogen-bond acceptors (Lipinski definition) is 2. The van der Waals surface area contributed by atoms with Crippen molar-refractivity contribution in [2.45, 2.75) is 25.3 Å². The average Bonchev–Trinajstić information content (AvgIpc) is 2.74. The van der Waals surface area contributed by atoms with Gasteiger partial charge in [0.2, 0.25) is 0 Å². The molecule has 1 aliphatic rings. The van der Waals surface area contributed by atoms with Crippen LogP contribution in [-0.2, 0) is 4.74 Å². The van der Waals surface area contributed by atoms with Gasteiger partial charge in [-0.3, -0.25) is 0 Å². The molecule has 16 heavy (non-hydrogen) atoms. The molecule has 0 aliphatic carbocycles.